The second kappa shape index (κ2) is 5.95. The van der Waals surface area contributed by atoms with Gasteiger partial charge in [-0.25, -0.2) is 13.1 Å². The molecule has 0 radical (unpaired) electrons. The van der Waals surface area contributed by atoms with Crippen molar-refractivity contribution in [1.82, 2.24) is 4.72 Å². The van der Waals surface area contributed by atoms with E-state index >= 15 is 0 Å². The normalized spacial score (nSPS) is 11.7. The lowest BCUT2D eigenvalue weighted by Crippen LogP contribution is -2.23. The van der Waals surface area contributed by atoms with Crippen molar-refractivity contribution in [3.8, 4) is 0 Å². The quantitative estimate of drug-likeness (QED) is 0.834. The highest BCUT2D eigenvalue weighted by molar-refractivity contribution is 7.89. The number of rotatable bonds is 5. The maximum Gasteiger partial charge on any atom is 0.240 e. The van der Waals surface area contributed by atoms with Crippen LogP contribution >= 0.6 is 11.3 Å². The number of nitrogens with one attached hydrogen (secondary N) is 1. The highest BCUT2D eigenvalue weighted by atomic mass is 32.2. The maximum absolute atomic E-state index is 12.2. The average molecular weight is 310 g/mol. The molecule has 0 saturated carbocycles. The summed E-state index contributed by atoms with van der Waals surface area (Å²) in [6.45, 7) is 4.18. The van der Waals surface area contributed by atoms with Crippen molar-refractivity contribution in [2.24, 2.45) is 0 Å². The predicted octanol–water partition coefficient (Wildman–Crippen LogP) is 2.68. The van der Waals surface area contributed by atoms with E-state index in [1.54, 1.807) is 30.4 Å². The van der Waals surface area contributed by atoms with Gasteiger partial charge in [-0.2, -0.15) is 0 Å². The minimum Gasteiger partial charge on any atom is -0.399 e. The zero-order valence-electron chi connectivity index (χ0n) is 11.5. The van der Waals surface area contributed by atoms with Gasteiger partial charge < -0.3 is 5.73 Å². The minimum absolute atomic E-state index is 0.249. The van der Waals surface area contributed by atoms with Crippen LogP contribution in [0.15, 0.2) is 34.5 Å². The molecule has 1 heterocycles. The molecule has 0 aliphatic rings. The van der Waals surface area contributed by atoms with Crippen molar-refractivity contribution in [3.05, 3.63) is 45.6 Å². The van der Waals surface area contributed by atoms with Crippen LogP contribution in [-0.4, -0.2) is 8.42 Å². The number of benzene rings is 1. The number of hydrogen-bond donors (Lipinski definition) is 2. The van der Waals surface area contributed by atoms with Gasteiger partial charge in [0.2, 0.25) is 10.0 Å². The molecular formula is C14H18N2O2S2. The van der Waals surface area contributed by atoms with Crippen LogP contribution in [0.25, 0.3) is 0 Å². The van der Waals surface area contributed by atoms with E-state index < -0.39 is 10.0 Å². The Bertz CT molecular complexity index is 706. The van der Waals surface area contributed by atoms with Gasteiger partial charge in [0.15, 0.2) is 0 Å². The van der Waals surface area contributed by atoms with Crippen LogP contribution in [0.4, 0.5) is 5.69 Å². The van der Waals surface area contributed by atoms with E-state index in [1.807, 2.05) is 11.4 Å². The number of nitrogen functional groups attached to an aromatic ring is 1. The van der Waals surface area contributed by atoms with E-state index in [9.17, 15) is 8.42 Å². The molecule has 4 nitrogen and oxygen atoms in total. The molecular weight excluding hydrogens is 292 g/mol. The number of hydrogen-bond acceptors (Lipinski definition) is 4. The van der Waals surface area contributed by atoms with Crippen molar-refractivity contribution in [2.45, 2.75) is 31.7 Å². The van der Waals surface area contributed by atoms with Crippen molar-refractivity contribution in [3.63, 3.8) is 0 Å². The largest absolute Gasteiger partial charge is 0.399 e. The Kier molecular flexibility index (Phi) is 4.47. The summed E-state index contributed by atoms with van der Waals surface area (Å²) in [4.78, 5) is 1.31. The summed E-state index contributed by atoms with van der Waals surface area (Å²) in [5.74, 6) is 0. The van der Waals surface area contributed by atoms with Gasteiger partial charge >= 0.3 is 0 Å². The molecule has 20 heavy (non-hydrogen) atoms. The molecule has 3 N–H and O–H groups in total. The molecule has 2 aromatic rings. The van der Waals surface area contributed by atoms with Crippen LogP contribution in [0, 0.1) is 6.92 Å². The molecule has 0 amide bonds. The topological polar surface area (TPSA) is 72.2 Å². The van der Waals surface area contributed by atoms with Gasteiger partial charge in [0.05, 0.1) is 4.90 Å². The lowest BCUT2D eigenvalue weighted by atomic mass is 10.2. The van der Waals surface area contributed by atoms with Crippen LogP contribution in [0.5, 0.6) is 0 Å². The molecule has 0 spiro atoms. The molecule has 0 bridgehead atoms. The van der Waals surface area contributed by atoms with Crippen LogP contribution in [0.1, 0.15) is 22.9 Å². The Morgan fingerprint density at radius 3 is 2.70 bits per heavy atom. The second-order valence-corrected chi connectivity index (χ2v) is 7.33. The summed E-state index contributed by atoms with van der Waals surface area (Å²) in [7, 11) is -3.50. The summed E-state index contributed by atoms with van der Waals surface area (Å²) in [6, 6.07) is 6.76. The molecule has 0 fully saturated rings. The monoisotopic (exact) mass is 310 g/mol. The van der Waals surface area contributed by atoms with E-state index in [0.29, 0.717) is 12.2 Å². The Hall–Kier alpha value is -1.37. The number of aryl methyl sites for hydroxylation is 2. The minimum atomic E-state index is -3.50. The molecule has 0 aliphatic carbocycles. The molecule has 0 unspecified atom stereocenters. The Balaban J connectivity index is 2.17. The predicted molar refractivity (Wildman–Crippen MR) is 83.3 cm³/mol. The smallest absolute Gasteiger partial charge is 0.240 e. The molecule has 108 valence electrons. The lowest BCUT2D eigenvalue weighted by molar-refractivity contribution is 0.581. The highest BCUT2D eigenvalue weighted by Crippen LogP contribution is 2.20. The summed E-state index contributed by atoms with van der Waals surface area (Å²) in [6.07, 6.45) is 0.904. The van der Waals surface area contributed by atoms with Crippen LogP contribution < -0.4 is 10.5 Å². The van der Waals surface area contributed by atoms with E-state index in [2.05, 4.69) is 11.6 Å². The summed E-state index contributed by atoms with van der Waals surface area (Å²) >= 11 is 1.57. The molecule has 1 aromatic carbocycles. The first-order chi connectivity index (χ1) is 9.44. The first-order valence-corrected chi connectivity index (χ1v) is 8.71. The fourth-order valence-electron chi connectivity index (χ4n) is 1.90. The lowest BCUT2D eigenvalue weighted by Gasteiger charge is -2.08. The molecule has 0 saturated heterocycles. The standard InChI is InChI=1S/C14H18N2O2S2/c1-3-11-6-7-19-14(11)9-16-20(17,18)12-4-5-13(15)10(2)8-12/h4-8,16H,3,9,15H2,1-2H3. The molecule has 2 rings (SSSR count). The fourth-order valence-corrected chi connectivity index (χ4v) is 3.98. The van der Waals surface area contributed by atoms with Gasteiger partial charge in [-0.15, -0.1) is 11.3 Å². The van der Waals surface area contributed by atoms with Crippen molar-refractivity contribution < 1.29 is 8.42 Å². The third-order valence-electron chi connectivity index (χ3n) is 3.19. The van der Waals surface area contributed by atoms with Gasteiger partial charge in [0.1, 0.15) is 0 Å². The molecule has 0 aliphatic heterocycles. The van der Waals surface area contributed by atoms with Crippen LogP contribution in [0.3, 0.4) is 0 Å². The highest BCUT2D eigenvalue weighted by Gasteiger charge is 2.15. The van der Waals surface area contributed by atoms with Crippen molar-refractivity contribution >= 4 is 27.0 Å². The van der Waals surface area contributed by atoms with Crippen molar-refractivity contribution in [2.75, 3.05) is 5.73 Å². The zero-order chi connectivity index (χ0) is 14.8. The number of thiophene rings is 1. The Morgan fingerprint density at radius 2 is 2.05 bits per heavy atom. The summed E-state index contributed by atoms with van der Waals surface area (Å²) in [5.41, 5.74) is 8.25. The van der Waals surface area contributed by atoms with E-state index in [4.69, 9.17) is 5.73 Å². The van der Waals surface area contributed by atoms with Gasteiger partial charge in [0.25, 0.3) is 0 Å². The first kappa shape index (κ1) is 15.0. The van der Waals surface area contributed by atoms with Gasteiger partial charge in [-0.1, -0.05) is 6.92 Å². The maximum atomic E-state index is 12.2. The third-order valence-corrected chi connectivity index (χ3v) is 5.56. The van der Waals surface area contributed by atoms with E-state index in [1.165, 1.54) is 11.6 Å². The summed E-state index contributed by atoms with van der Waals surface area (Å²) < 4.78 is 27.1. The van der Waals surface area contributed by atoms with Crippen LogP contribution in [0.2, 0.25) is 0 Å². The van der Waals surface area contributed by atoms with Gasteiger partial charge in [0, 0.05) is 17.1 Å². The Morgan fingerprint density at radius 1 is 1.30 bits per heavy atom. The van der Waals surface area contributed by atoms with Crippen LogP contribution in [-0.2, 0) is 23.0 Å². The third kappa shape index (κ3) is 3.20. The Labute approximate surface area is 123 Å². The number of anilines is 1. The fraction of sp³-hybridized carbons (Fsp3) is 0.286. The second-order valence-electron chi connectivity index (χ2n) is 4.57. The summed E-state index contributed by atoms with van der Waals surface area (Å²) in [5, 5.41) is 1.98. The van der Waals surface area contributed by atoms with E-state index in [-0.39, 0.29) is 4.90 Å². The molecule has 0 atom stereocenters. The van der Waals surface area contributed by atoms with Gasteiger partial charge in [-0.05, 0) is 54.1 Å². The SMILES string of the molecule is CCc1ccsc1CNS(=O)(=O)c1ccc(N)c(C)c1. The van der Waals surface area contributed by atoms with E-state index in [0.717, 1.165) is 16.9 Å². The van der Waals surface area contributed by atoms with Gasteiger partial charge in [-0.3, -0.25) is 0 Å². The zero-order valence-corrected chi connectivity index (χ0v) is 13.1. The first-order valence-electron chi connectivity index (χ1n) is 6.35. The number of nitrogens with two attached hydrogens (primary N) is 1. The molecule has 6 heteroatoms. The van der Waals surface area contributed by atoms with Crippen molar-refractivity contribution in [1.29, 1.82) is 0 Å². The average Bonchev–Trinajstić information content (AvgIpc) is 2.87. The number of sulfonamides is 1. The molecule has 1 aromatic heterocycles.